The highest BCUT2D eigenvalue weighted by molar-refractivity contribution is 6.30. The molecule has 0 radical (unpaired) electrons. The lowest BCUT2D eigenvalue weighted by molar-refractivity contribution is 0.0727. The summed E-state index contributed by atoms with van der Waals surface area (Å²) in [4.78, 5) is 23.6. The number of benzene rings is 1. The first kappa shape index (κ1) is 17.8. The average molecular weight is 404 g/mol. The fourth-order valence-electron chi connectivity index (χ4n) is 3.93. The van der Waals surface area contributed by atoms with Crippen LogP contribution in [0.3, 0.4) is 0 Å². The zero-order valence-corrected chi connectivity index (χ0v) is 16.6. The van der Waals surface area contributed by atoms with Gasteiger partial charge in [-0.1, -0.05) is 23.7 Å². The number of pyridine rings is 2. The van der Waals surface area contributed by atoms with Crippen LogP contribution in [0.5, 0.6) is 0 Å². The van der Waals surface area contributed by atoms with Crippen molar-refractivity contribution in [2.24, 2.45) is 7.05 Å². The molecule has 0 spiro atoms. The Balaban J connectivity index is 1.45. The van der Waals surface area contributed by atoms with Crippen molar-refractivity contribution in [2.75, 3.05) is 6.54 Å². The van der Waals surface area contributed by atoms with Crippen LogP contribution >= 0.6 is 11.6 Å². The van der Waals surface area contributed by atoms with Gasteiger partial charge in [0.05, 0.1) is 29.0 Å². The molecule has 0 saturated carbocycles. The maximum absolute atomic E-state index is 13.1. The molecule has 0 unspecified atom stereocenters. The van der Waals surface area contributed by atoms with E-state index in [1.165, 1.54) is 5.56 Å². The molecule has 1 amide bonds. The molecule has 144 valence electrons. The third kappa shape index (κ3) is 3.15. The number of carbonyl (C=O) groups is 1. The largest absolute Gasteiger partial charge is 0.331 e. The summed E-state index contributed by atoms with van der Waals surface area (Å²) in [6, 6.07) is 15.0. The fourth-order valence-corrected chi connectivity index (χ4v) is 4.12. The van der Waals surface area contributed by atoms with E-state index in [9.17, 15) is 4.79 Å². The van der Waals surface area contributed by atoms with Crippen molar-refractivity contribution in [3.8, 4) is 11.3 Å². The molecule has 4 aromatic rings. The topological polar surface area (TPSA) is 63.9 Å². The number of hydrogen-bond acceptors (Lipinski definition) is 4. The number of amides is 1. The third-order valence-electron chi connectivity index (χ3n) is 5.26. The quantitative estimate of drug-likeness (QED) is 0.509. The first-order valence-corrected chi connectivity index (χ1v) is 9.80. The minimum atomic E-state index is -0.0867. The van der Waals surface area contributed by atoms with Crippen molar-refractivity contribution in [1.29, 1.82) is 0 Å². The predicted octanol–water partition coefficient (Wildman–Crippen LogP) is 3.88. The second kappa shape index (κ2) is 6.97. The molecule has 0 saturated heterocycles. The summed E-state index contributed by atoms with van der Waals surface area (Å²) in [5.74, 6) is -0.0867. The van der Waals surface area contributed by atoms with E-state index in [1.807, 2.05) is 59.1 Å². The van der Waals surface area contributed by atoms with Gasteiger partial charge in [0.25, 0.3) is 5.91 Å². The molecule has 0 aliphatic carbocycles. The van der Waals surface area contributed by atoms with Gasteiger partial charge in [-0.05, 0) is 42.8 Å². The number of fused-ring (bicyclic) bond motifs is 2. The summed E-state index contributed by atoms with van der Waals surface area (Å²) >= 11 is 6.18. The SMILES string of the molecule is Cn1nc2c(c1-c1cccc(Cl)c1)CCN(C(=O)c1ccc3ncccc3n1)C2. The van der Waals surface area contributed by atoms with Gasteiger partial charge < -0.3 is 4.90 Å². The highest BCUT2D eigenvalue weighted by Gasteiger charge is 2.28. The first-order chi connectivity index (χ1) is 14.1. The molecule has 29 heavy (non-hydrogen) atoms. The zero-order valence-electron chi connectivity index (χ0n) is 15.8. The molecule has 4 heterocycles. The van der Waals surface area contributed by atoms with Gasteiger partial charge in [-0.15, -0.1) is 0 Å². The molecule has 6 nitrogen and oxygen atoms in total. The molecule has 1 aliphatic heterocycles. The Kier molecular flexibility index (Phi) is 4.28. The number of nitrogens with zero attached hydrogens (tertiary/aromatic N) is 5. The Labute approximate surface area is 172 Å². The minimum Gasteiger partial charge on any atom is -0.331 e. The van der Waals surface area contributed by atoms with E-state index in [0.717, 1.165) is 34.4 Å². The maximum Gasteiger partial charge on any atom is 0.272 e. The predicted molar refractivity (Wildman–Crippen MR) is 112 cm³/mol. The van der Waals surface area contributed by atoms with Gasteiger partial charge >= 0.3 is 0 Å². The molecular weight excluding hydrogens is 386 g/mol. The van der Waals surface area contributed by atoms with Crippen LogP contribution in [0.1, 0.15) is 21.7 Å². The summed E-state index contributed by atoms with van der Waals surface area (Å²) in [5.41, 5.74) is 6.12. The van der Waals surface area contributed by atoms with Crippen molar-refractivity contribution in [1.82, 2.24) is 24.6 Å². The number of rotatable bonds is 2. The molecule has 5 rings (SSSR count). The van der Waals surface area contributed by atoms with E-state index in [-0.39, 0.29) is 5.91 Å². The maximum atomic E-state index is 13.1. The first-order valence-electron chi connectivity index (χ1n) is 9.42. The van der Waals surface area contributed by atoms with Crippen molar-refractivity contribution < 1.29 is 4.79 Å². The van der Waals surface area contributed by atoms with E-state index in [1.54, 1.807) is 12.3 Å². The van der Waals surface area contributed by atoms with E-state index in [0.29, 0.717) is 23.8 Å². The van der Waals surface area contributed by atoms with Crippen molar-refractivity contribution in [3.05, 3.63) is 76.7 Å². The molecule has 0 N–H and O–H groups in total. The van der Waals surface area contributed by atoms with Crippen LogP contribution in [0.2, 0.25) is 5.02 Å². The molecule has 1 aliphatic rings. The summed E-state index contributed by atoms with van der Waals surface area (Å²) in [5, 5.41) is 5.38. The number of aryl methyl sites for hydroxylation is 1. The van der Waals surface area contributed by atoms with Crippen LogP contribution in [0.15, 0.2) is 54.7 Å². The van der Waals surface area contributed by atoms with Gasteiger partial charge in [0.1, 0.15) is 5.69 Å². The van der Waals surface area contributed by atoms with Crippen LogP contribution in [-0.2, 0) is 20.0 Å². The van der Waals surface area contributed by atoms with E-state index in [2.05, 4.69) is 15.1 Å². The molecule has 0 atom stereocenters. The lowest BCUT2D eigenvalue weighted by atomic mass is 9.99. The normalized spacial score (nSPS) is 13.5. The summed E-state index contributed by atoms with van der Waals surface area (Å²) < 4.78 is 1.88. The van der Waals surface area contributed by atoms with Crippen molar-refractivity contribution in [3.63, 3.8) is 0 Å². The van der Waals surface area contributed by atoms with Gasteiger partial charge in [-0.2, -0.15) is 5.10 Å². The molecule has 0 fully saturated rings. The second-order valence-electron chi connectivity index (χ2n) is 7.12. The molecule has 7 heteroatoms. The van der Waals surface area contributed by atoms with Gasteiger partial charge in [0.2, 0.25) is 0 Å². The number of carbonyl (C=O) groups excluding carboxylic acids is 1. The van der Waals surface area contributed by atoms with Gasteiger partial charge in [0.15, 0.2) is 0 Å². The van der Waals surface area contributed by atoms with E-state index in [4.69, 9.17) is 11.6 Å². The number of aromatic nitrogens is 4. The van der Waals surface area contributed by atoms with Crippen LogP contribution in [0.25, 0.3) is 22.3 Å². The van der Waals surface area contributed by atoms with Gasteiger partial charge in [-0.3, -0.25) is 14.5 Å². The van der Waals surface area contributed by atoms with Crippen molar-refractivity contribution >= 4 is 28.5 Å². The lowest BCUT2D eigenvalue weighted by Crippen LogP contribution is -2.36. The fraction of sp³-hybridized carbons (Fsp3) is 0.182. The van der Waals surface area contributed by atoms with Crippen LogP contribution in [0, 0.1) is 0 Å². The summed E-state index contributed by atoms with van der Waals surface area (Å²) in [7, 11) is 1.93. The second-order valence-corrected chi connectivity index (χ2v) is 7.56. The third-order valence-corrected chi connectivity index (χ3v) is 5.50. The minimum absolute atomic E-state index is 0.0867. The van der Waals surface area contributed by atoms with Crippen LogP contribution in [-0.4, -0.2) is 37.1 Å². The number of hydrogen-bond donors (Lipinski definition) is 0. The molecule has 1 aromatic carbocycles. The van der Waals surface area contributed by atoms with Crippen molar-refractivity contribution in [2.45, 2.75) is 13.0 Å². The Hall–Kier alpha value is -3.25. The van der Waals surface area contributed by atoms with E-state index < -0.39 is 0 Å². The smallest absolute Gasteiger partial charge is 0.272 e. The molecular formula is C22H18ClN5O. The van der Waals surface area contributed by atoms with Gasteiger partial charge in [-0.25, -0.2) is 4.98 Å². The zero-order chi connectivity index (χ0) is 20.0. The standard InChI is InChI=1S/C22H18ClN5O/c1-27-21(14-4-2-5-15(23)12-14)16-9-11-28(13-20(16)26-27)22(29)19-8-7-17-18(25-19)6-3-10-24-17/h2-8,10,12H,9,11,13H2,1H3. The monoisotopic (exact) mass is 403 g/mol. The molecule has 3 aromatic heterocycles. The van der Waals surface area contributed by atoms with Crippen LogP contribution in [0.4, 0.5) is 0 Å². The van der Waals surface area contributed by atoms with Crippen LogP contribution < -0.4 is 0 Å². The number of halogens is 1. The average Bonchev–Trinajstić information content (AvgIpc) is 3.07. The Morgan fingerprint density at radius 1 is 1.10 bits per heavy atom. The highest BCUT2D eigenvalue weighted by atomic mass is 35.5. The molecule has 0 bridgehead atoms. The Morgan fingerprint density at radius 3 is 2.86 bits per heavy atom. The Bertz CT molecular complexity index is 1250. The van der Waals surface area contributed by atoms with E-state index >= 15 is 0 Å². The Morgan fingerprint density at radius 2 is 2.00 bits per heavy atom. The summed E-state index contributed by atoms with van der Waals surface area (Å²) in [6.07, 6.45) is 2.46. The van der Waals surface area contributed by atoms with Gasteiger partial charge in [0, 0.05) is 35.9 Å². The summed E-state index contributed by atoms with van der Waals surface area (Å²) in [6.45, 7) is 1.09. The lowest BCUT2D eigenvalue weighted by Gasteiger charge is -2.26. The highest BCUT2D eigenvalue weighted by Crippen LogP contribution is 2.31.